The monoisotopic (exact) mass is 283 g/mol. The van der Waals surface area contributed by atoms with Gasteiger partial charge >= 0.3 is 0 Å². The summed E-state index contributed by atoms with van der Waals surface area (Å²) in [5.41, 5.74) is 3.24. The van der Waals surface area contributed by atoms with Gasteiger partial charge in [0.25, 0.3) is 0 Å². The maximum absolute atomic E-state index is 5.98. The molecule has 0 unspecified atom stereocenters. The first-order valence-electron chi connectivity index (χ1n) is 6.40. The number of halogens is 1. The molecule has 100 valence electrons. The fraction of sp³-hybridized carbons (Fsp3) is 0.0625. The van der Waals surface area contributed by atoms with Crippen LogP contribution in [0.2, 0.25) is 5.02 Å². The highest BCUT2D eigenvalue weighted by atomic mass is 35.5. The van der Waals surface area contributed by atoms with Crippen LogP contribution < -0.4 is 5.32 Å². The van der Waals surface area contributed by atoms with Crippen LogP contribution >= 0.6 is 11.6 Å². The number of rotatable bonds is 4. The van der Waals surface area contributed by atoms with Gasteiger partial charge in [-0.1, -0.05) is 29.8 Å². The topological polar surface area (TPSA) is 29.9 Å². The minimum atomic E-state index is 0.739. The molecule has 0 fully saturated rings. The zero-order valence-corrected chi connectivity index (χ0v) is 11.6. The van der Waals surface area contributed by atoms with Gasteiger partial charge in [0, 0.05) is 29.6 Å². The third-order valence-electron chi connectivity index (χ3n) is 3.00. The van der Waals surface area contributed by atoms with Crippen molar-refractivity contribution in [1.82, 2.24) is 9.78 Å². The number of benzene rings is 2. The SMILES string of the molecule is Clc1cccc(CNc2cccc(-n3cccn3)c2)c1. The van der Waals surface area contributed by atoms with Gasteiger partial charge in [0.15, 0.2) is 0 Å². The molecule has 0 saturated carbocycles. The Morgan fingerprint density at radius 1 is 1.05 bits per heavy atom. The van der Waals surface area contributed by atoms with Crippen molar-refractivity contribution in [2.45, 2.75) is 6.54 Å². The van der Waals surface area contributed by atoms with Crippen molar-refractivity contribution < 1.29 is 0 Å². The molecular weight excluding hydrogens is 270 g/mol. The zero-order valence-electron chi connectivity index (χ0n) is 10.8. The van der Waals surface area contributed by atoms with E-state index in [4.69, 9.17) is 11.6 Å². The quantitative estimate of drug-likeness (QED) is 0.780. The summed E-state index contributed by atoms with van der Waals surface area (Å²) in [6.45, 7) is 0.739. The second-order valence-corrected chi connectivity index (χ2v) is 4.92. The summed E-state index contributed by atoms with van der Waals surface area (Å²) in [5, 5.41) is 8.38. The van der Waals surface area contributed by atoms with E-state index in [9.17, 15) is 0 Å². The van der Waals surface area contributed by atoms with E-state index in [-0.39, 0.29) is 0 Å². The van der Waals surface area contributed by atoms with Crippen molar-refractivity contribution in [2.24, 2.45) is 0 Å². The summed E-state index contributed by atoms with van der Waals surface area (Å²) in [7, 11) is 0. The smallest absolute Gasteiger partial charge is 0.0666 e. The van der Waals surface area contributed by atoms with Crippen molar-refractivity contribution in [2.75, 3.05) is 5.32 Å². The van der Waals surface area contributed by atoms with E-state index in [0.29, 0.717) is 0 Å². The van der Waals surface area contributed by atoms with Crippen molar-refractivity contribution in [3.8, 4) is 5.69 Å². The first kappa shape index (κ1) is 12.8. The third-order valence-corrected chi connectivity index (χ3v) is 3.24. The molecule has 0 bridgehead atoms. The van der Waals surface area contributed by atoms with Gasteiger partial charge in [0.1, 0.15) is 0 Å². The number of hydrogen-bond donors (Lipinski definition) is 1. The lowest BCUT2D eigenvalue weighted by molar-refractivity contribution is 0.880. The van der Waals surface area contributed by atoms with E-state index in [1.54, 1.807) is 6.20 Å². The average Bonchev–Trinajstić information content (AvgIpc) is 3.00. The van der Waals surface area contributed by atoms with E-state index < -0.39 is 0 Å². The Morgan fingerprint density at radius 2 is 1.95 bits per heavy atom. The molecule has 0 saturated heterocycles. The molecule has 0 amide bonds. The van der Waals surface area contributed by atoms with E-state index in [1.807, 2.05) is 53.3 Å². The predicted molar refractivity (Wildman–Crippen MR) is 82.3 cm³/mol. The predicted octanol–water partition coefficient (Wildman–Crippen LogP) is 4.14. The van der Waals surface area contributed by atoms with Crippen molar-refractivity contribution in [3.05, 3.63) is 77.6 Å². The van der Waals surface area contributed by atoms with Gasteiger partial charge < -0.3 is 5.32 Å². The fourth-order valence-corrected chi connectivity index (χ4v) is 2.24. The Balaban J connectivity index is 1.73. The molecule has 0 aliphatic rings. The number of nitrogens with one attached hydrogen (secondary N) is 1. The molecule has 0 aliphatic heterocycles. The van der Waals surface area contributed by atoms with E-state index in [2.05, 4.69) is 22.5 Å². The van der Waals surface area contributed by atoms with Crippen LogP contribution in [0, 0.1) is 0 Å². The highest BCUT2D eigenvalue weighted by Gasteiger charge is 1.99. The van der Waals surface area contributed by atoms with Gasteiger partial charge in [-0.25, -0.2) is 4.68 Å². The lowest BCUT2D eigenvalue weighted by Crippen LogP contribution is -2.01. The van der Waals surface area contributed by atoms with Crippen LogP contribution in [0.3, 0.4) is 0 Å². The van der Waals surface area contributed by atoms with Gasteiger partial charge in [-0.15, -0.1) is 0 Å². The molecule has 0 aliphatic carbocycles. The fourth-order valence-electron chi connectivity index (χ4n) is 2.03. The van der Waals surface area contributed by atoms with E-state index >= 15 is 0 Å². The van der Waals surface area contributed by atoms with Crippen LogP contribution in [0.5, 0.6) is 0 Å². The Hall–Kier alpha value is -2.26. The molecular formula is C16H14ClN3. The average molecular weight is 284 g/mol. The van der Waals surface area contributed by atoms with E-state index in [1.165, 1.54) is 0 Å². The normalized spacial score (nSPS) is 10.4. The number of hydrogen-bond acceptors (Lipinski definition) is 2. The summed E-state index contributed by atoms with van der Waals surface area (Å²) in [4.78, 5) is 0. The van der Waals surface area contributed by atoms with Gasteiger partial charge in [-0.2, -0.15) is 5.10 Å². The van der Waals surface area contributed by atoms with Crippen LogP contribution in [0.15, 0.2) is 67.0 Å². The summed E-state index contributed by atoms with van der Waals surface area (Å²) >= 11 is 5.98. The largest absolute Gasteiger partial charge is 0.381 e. The highest BCUT2D eigenvalue weighted by molar-refractivity contribution is 6.30. The molecule has 0 atom stereocenters. The van der Waals surface area contributed by atoms with Crippen LogP contribution in [0.4, 0.5) is 5.69 Å². The Labute approximate surface area is 122 Å². The Bertz CT molecular complexity index is 692. The number of anilines is 1. The summed E-state index contributed by atoms with van der Waals surface area (Å²) in [6.07, 6.45) is 3.70. The molecule has 1 heterocycles. The molecule has 0 radical (unpaired) electrons. The second kappa shape index (κ2) is 5.80. The number of aromatic nitrogens is 2. The molecule has 4 heteroatoms. The van der Waals surface area contributed by atoms with Gasteiger partial charge in [-0.05, 0) is 42.0 Å². The van der Waals surface area contributed by atoms with Crippen LogP contribution in [0.25, 0.3) is 5.69 Å². The molecule has 3 aromatic rings. The maximum atomic E-state index is 5.98. The standard InChI is InChI=1S/C16H14ClN3/c17-14-5-1-4-13(10-14)12-18-15-6-2-7-16(11-15)20-9-3-8-19-20/h1-11,18H,12H2. The molecule has 1 aromatic heterocycles. The molecule has 0 spiro atoms. The molecule has 20 heavy (non-hydrogen) atoms. The van der Waals surface area contributed by atoms with Crippen LogP contribution in [-0.2, 0) is 6.54 Å². The highest BCUT2D eigenvalue weighted by Crippen LogP contribution is 2.16. The first-order chi connectivity index (χ1) is 9.81. The van der Waals surface area contributed by atoms with Crippen LogP contribution in [0.1, 0.15) is 5.56 Å². The number of nitrogens with zero attached hydrogens (tertiary/aromatic N) is 2. The van der Waals surface area contributed by atoms with E-state index in [0.717, 1.165) is 28.5 Å². The minimum Gasteiger partial charge on any atom is -0.381 e. The maximum Gasteiger partial charge on any atom is 0.0666 e. The Morgan fingerprint density at radius 3 is 2.75 bits per heavy atom. The minimum absolute atomic E-state index is 0.739. The summed E-state index contributed by atoms with van der Waals surface area (Å²) < 4.78 is 1.84. The van der Waals surface area contributed by atoms with Gasteiger partial charge in [-0.3, -0.25) is 0 Å². The van der Waals surface area contributed by atoms with Crippen molar-refractivity contribution >= 4 is 17.3 Å². The van der Waals surface area contributed by atoms with Gasteiger partial charge in [0.05, 0.1) is 5.69 Å². The van der Waals surface area contributed by atoms with Crippen molar-refractivity contribution in [3.63, 3.8) is 0 Å². The lowest BCUT2D eigenvalue weighted by Gasteiger charge is -2.09. The Kier molecular flexibility index (Phi) is 3.70. The second-order valence-electron chi connectivity index (χ2n) is 4.48. The first-order valence-corrected chi connectivity index (χ1v) is 6.77. The third kappa shape index (κ3) is 3.00. The lowest BCUT2D eigenvalue weighted by atomic mass is 10.2. The van der Waals surface area contributed by atoms with Gasteiger partial charge in [0.2, 0.25) is 0 Å². The molecule has 2 aromatic carbocycles. The summed E-state index contributed by atoms with van der Waals surface area (Å²) in [5.74, 6) is 0. The molecule has 1 N–H and O–H groups in total. The van der Waals surface area contributed by atoms with Crippen LogP contribution in [-0.4, -0.2) is 9.78 Å². The molecule has 3 rings (SSSR count). The van der Waals surface area contributed by atoms with Crippen molar-refractivity contribution in [1.29, 1.82) is 0 Å². The zero-order chi connectivity index (χ0) is 13.8. The molecule has 3 nitrogen and oxygen atoms in total. The summed E-state index contributed by atoms with van der Waals surface area (Å²) in [6, 6.07) is 17.9.